The maximum atomic E-state index is 14.0. The van der Waals surface area contributed by atoms with E-state index in [9.17, 15) is 18.8 Å². The first-order chi connectivity index (χ1) is 15.9. The van der Waals surface area contributed by atoms with Gasteiger partial charge in [0.25, 0.3) is 5.91 Å². The molecule has 4 aromatic rings. The summed E-state index contributed by atoms with van der Waals surface area (Å²) < 4.78 is 24.5. The topological polar surface area (TPSA) is 97.6 Å². The monoisotopic (exact) mass is 446 g/mol. The third-order valence-electron chi connectivity index (χ3n) is 5.07. The lowest BCUT2D eigenvalue weighted by Crippen LogP contribution is -2.16. The molecule has 0 spiro atoms. The molecule has 0 radical (unpaired) electrons. The number of fused-ring (bicyclic) bond motifs is 1. The Morgan fingerprint density at radius 2 is 1.73 bits per heavy atom. The van der Waals surface area contributed by atoms with Crippen molar-refractivity contribution in [3.63, 3.8) is 0 Å². The highest BCUT2D eigenvalue weighted by atomic mass is 19.1. The minimum Gasteiger partial charge on any atom is -0.455 e. The Balaban J connectivity index is 1.75. The van der Waals surface area contributed by atoms with E-state index < -0.39 is 17.8 Å². The predicted octanol–water partition coefficient (Wildman–Crippen LogP) is 5.34. The summed E-state index contributed by atoms with van der Waals surface area (Å²) in [4.78, 5) is 37.5. The standard InChI is InChI=1S/C25H19FN2O5/c1-14-21(29)17-9-6-10-18(23(17)33-22(14)15-7-4-3-5-8-15)24(30)27-16-11-12-19(26)20(13-16)28-25(31)32-2/h3-13H,1-2H3,(H,27,30)(H,28,31). The maximum absolute atomic E-state index is 14.0. The highest BCUT2D eigenvalue weighted by Crippen LogP contribution is 2.28. The number of benzene rings is 3. The molecule has 0 unspecified atom stereocenters. The van der Waals surface area contributed by atoms with Gasteiger partial charge in [-0.3, -0.25) is 14.9 Å². The van der Waals surface area contributed by atoms with Crippen molar-refractivity contribution in [2.45, 2.75) is 6.92 Å². The van der Waals surface area contributed by atoms with Crippen LogP contribution >= 0.6 is 0 Å². The predicted molar refractivity (Wildman–Crippen MR) is 123 cm³/mol. The van der Waals surface area contributed by atoms with Gasteiger partial charge in [-0.25, -0.2) is 9.18 Å². The van der Waals surface area contributed by atoms with E-state index in [4.69, 9.17) is 4.42 Å². The minimum absolute atomic E-state index is 0.133. The van der Waals surface area contributed by atoms with Gasteiger partial charge in [0, 0.05) is 16.8 Å². The molecule has 8 heteroatoms. The number of carbonyl (C=O) groups excluding carboxylic acids is 2. The van der Waals surface area contributed by atoms with Crippen molar-refractivity contribution in [3.05, 3.63) is 93.9 Å². The molecule has 4 rings (SSSR count). The molecular formula is C25H19FN2O5. The zero-order chi connectivity index (χ0) is 23.5. The molecule has 3 aromatic carbocycles. The van der Waals surface area contributed by atoms with Crippen molar-refractivity contribution in [2.75, 3.05) is 17.7 Å². The summed E-state index contributed by atoms with van der Waals surface area (Å²) in [5.41, 5.74) is 1.24. The number of hydrogen-bond acceptors (Lipinski definition) is 5. The molecule has 33 heavy (non-hydrogen) atoms. The van der Waals surface area contributed by atoms with E-state index >= 15 is 0 Å². The number of carbonyl (C=O) groups is 2. The number of ether oxygens (including phenoxy) is 1. The van der Waals surface area contributed by atoms with Gasteiger partial charge in [0.05, 0.1) is 23.7 Å². The molecule has 0 fully saturated rings. The van der Waals surface area contributed by atoms with Gasteiger partial charge < -0.3 is 14.5 Å². The van der Waals surface area contributed by atoms with Gasteiger partial charge in [-0.1, -0.05) is 36.4 Å². The molecule has 166 valence electrons. The summed E-state index contributed by atoms with van der Waals surface area (Å²) in [6.45, 7) is 1.68. The number of hydrogen-bond donors (Lipinski definition) is 2. The molecule has 0 bridgehead atoms. The van der Waals surface area contributed by atoms with Gasteiger partial charge in [0.1, 0.15) is 11.6 Å². The fourth-order valence-electron chi connectivity index (χ4n) is 3.41. The summed E-state index contributed by atoms with van der Waals surface area (Å²) in [6.07, 6.45) is -0.850. The first-order valence-electron chi connectivity index (χ1n) is 9.96. The summed E-state index contributed by atoms with van der Waals surface area (Å²) in [6, 6.07) is 17.5. The number of rotatable bonds is 4. The van der Waals surface area contributed by atoms with Crippen LogP contribution < -0.4 is 16.1 Å². The minimum atomic E-state index is -0.850. The summed E-state index contributed by atoms with van der Waals surface area (Å²) in [5.74, 6) is -0.889. The second-order valence-corrected chi connectivity index (χ2v) is 7.20. The van der Waals surface area contributed by atoms with Crippen molar-refractivity contribution < 1.29 is 23.1 Å². The first-order valence-corrected chi connectivity index (χ1v) is 9.96. The van der Waals surface area contributed by atoms with E-state index in [0.717, 1.165) is 13.2 Å². The van der Waals surface area contributed by atoms with Crippen molar-refractivity contribution >= 4 is 34.3 Å². The second-order valence-electron chi connectivity index (χ2n) is 7.20. The lowest BCUT2D eigenvalue weighted by molar-refractivity contribution is 0.102. The quantitative estimate of drug-likeness (QED) is 0.441. The second kappa shape index (κ2) is 8.96. The van der Waals surface area contributed by atoms with Crippen LogP contribution in [-0.2, 0) is 4.74 Å². The fraction of sp³-hybridized carbons (Fsp3) is 0.0800. The molecule has 0 aliphatic heterocycles. The van der Waals surface area contributed by atoms with Crippen LogP contribution in [0.25, 0.3) is 22.3 Å². The van der Waals surface area contributed by atoms with Crippen molar-refractivity contribution in [1.29, 1.82) is 0 Å². The number of para-hydroxylation sites is 1. The molecule has 0 saturated carbocycles. The molecule has 7 nitrogen and oxygen atoms in total. The van der Waals surface area contributed by atoms with Gasteiger partial charge >= 0.3 is 6.09 Å². The average Bonchev–Trinajstić information content (AvgIpc) is 2.83. The number of halogens is 1. The average molecular weight is 446 g/mol. The largest absolute Gasteiger partial charge is 0.455 e. The lowest BCUT2D eigenvalue weighted by atomic mass is 10.0. The number of anilines is 2. The van der Waals surface area contributed by atoms with E-state index in [2.05, 4.69) is 15.4 Å². The normalized spacial score (nSPS) is 10.6. The molecule has 0 aliphatic carbocycles. The first kappa shape index (κ1) is 21.8. The molecular weight excluding hydrogens is 427 g/mol. The smallest absolute Gasteiger partial charge is 0.411 e. The van der Waals surface area contributed by atoms with E-state index in [1.54, 1.807) is 19.1 Å². The Labute approximate surface area is 187 Å². The third kappa shape index (κ3) is 4.31. The van der Waals surface area contributed by atoms with Crippen LogP contribution in [0.15, 0.2) is 75.9 Å². The fourth-order valence-corrected chi connectivity index (χ4v) is 3.41. The zero-order valence-electron chi connectivity index (χ0n) is 17.8. The van der Waals surface area contributed by atoms with Crippen LogP contribution in [0.2, 0.25) is 0 Å². The third-order valence-corrected chi connectivity index (χ3v) is 5.07. The van der Waals surface area contributed by atoms with Crippen LogP contribution in [0, 0.1) is 12.7 Å². The number of amides is 2. The van der Waals surface area contributed by atoms with Crippen LogP contribution in [0.5, 0.6) is 0 Å². The van der Waals surface area contributed by atoms with E-state index in [0.29, 0.717) is 16.9 Å². The summed E-state index contributed by atoms with van der Waals surface area (Å²) >= 11 is 0. The van der Waals surface area contributed by atoms with Crippen LogP contribution in [-0.4, -0.2) is 19.1 Å². The Hall–Kier alpha value is -4.46. The van der Waals surface area contributed by atoms with Crippen molar-refractivity contribution in [1.82, 2.24) is 0 Å². The van der Waals surface area contributed by atoms with Gasteiger partial charge in [-0.05, 0) is 37.3 Å². The van der Waals surface area contributed by atoms with E-state index in [-0.39, 0.29) is 33.3 Å². The van der Waals surface area contributed by atoms with Crippen molar-refractivity contribution in [3.8, 4) is 11.3 Å². The molecule has 0 aliphatic rings. The molecule has 1 aromatic heterocycles. The summed E-state index contributed by atoms with van der Waals surface area (Å²) in [7, 11) is 1.15. The maximum Gasteiger partial charge on any atom is 0.411 e. The van der Waals surface area contributed by atoms with Crippen LogP contribution in [0.1, 0.15) is 15.9 Å². The van der Waals surface area contributed by atoms with E-state index in [1.165, 1.54) is 18.2 Å². The SMILES string of the molecule is COC(=O)Nc1cc(NC(=O)c2cccc3c(=O)c(C)c(-c4ccccc4)oc23)ccc1F. The van der Waals surface area contributed by atoms with Crippen molar-refractivity contribution in [2.24, 2.45) is 0 Å². The van der Waals surface area contributed by atoms with Crippen LogP contribution in [0.4, 0.5) is 20.6 Å². The molecule has 2 N–H and O–H groups in total. The Bertz CT molecular complexity index is 1430. The highest BCUT2D eigenvalue weighted by Gasteiger charge is 2.19. The summed E-state index contributed by atoms with van der Waals surface area (Å²) in [5, 5.41) is 5.15. The zero-order valence-corrected chi connectivity index (χ0v) is 17.8. The Kier molecular flexibility index (Phi) is 5.91. The molecule has 0 saturated heterocycles. The Morgan fingerprint density at radius 3 is 2.45 bits per heavy atom. The number of methoxy groups -OCH3 is 1. The molecule has 1 heterocycles. The van der Waals surface area contributed by atoms with Crippen LogP contribution in [0.3, 0.4) is 0 Å². The highest BCUT2D eigenvalue weighted by molar-refractivity contribution is 6.11. The van der Waals surface area contributed by atoms with Gasteiger partial charge in [-0.15, -0.1) is 0 Å². The number of nitrogens with one attached hydrogen (secondary N) is 2. The van der Waals surface area contributed by atoms with Gasteiger partial charge in [-0.2, -0.15) is 0 Å². The molecule has 0 atom stereocenters. The van der Waals surface area contributed by atoms with Gasteiger partial charge in [0.2, 0.25) is 0 Å². The Morgan fingerprint density at radius 1 is 0.970 bits per heavy atom. The molecule has 2 amide bonds. The van der Waals surface area contributed by atoms with E-state index in [1.807, 2.05) is 30.3 Å². The lowest BCUT2D eigenvalue weighted by Gasteiger charge is -2.12. The van der Waals surface area contributed by atoms with Gasteiger partial charge in [0.15, 0.2) is 11.0 Å².